The van der Waals surface area contributed by atoms with Crippen molar-refractivity contribution < 1.29 is 5.11 Å². The van der Waals surface area contributed by atoms with Crippen molar-refractivity contribution in [1.82, 2.24) is 4.90 Å². The van der Waals surface area contributed by atoms with Crippen molar-refractivity contribution in [3.8, 4) is 12.3 Å². The minimum absolute atomic E-state index is 0.0813. The first-order valence-electron chi connectivity index (χ1n) is 5.55. The van der Waals surface area contributed by atoms with Gasteiger partial charge in [0.25, 0.3) is 0 Å². The monoisotopic (exact) mass is 249 g/mol. The number of hydrogen-bond acceptors (Lipinski definition) is 2. The van der Waals surface area contributed by atoms with Crippen LogP contribution in [-0.4, -0.2) is 42.4 Å². The molecule has 0 aliphatic rings. The van der Waals surface area contributed by atoms with Crippen molar-refractivity contribution in [1.29, 1.82) is 0 Å². The number of halogens is 1. The van der Waals surface area contributed by atoms with Crippen molar-refractivity contribution in [2.45, 2.75) is 17.4 Å². The van der Waals surface area contributed by atoms with Crippen molar-refractivity contribution in [2.24, 2.45) is 0 Å². The van der Waals surface area contributed by atoms with Crippen LogP contribution < -0.4 is 0 Å². The van der Waals surface area contributed by atoms with E-state index in [9.17, 15) is 5.11 Å². The van der Waals surface area contributed by atoms with Crippen LogP contribution in [0.3, 0.4) is 0 Å². The Labute approximate surface area is 109 Å². The predicted octanol–water partition coefficient (Wildman–Crippen LogP) is 0.681. The van der Waals surface area contributed by atoms with Gasteiger partial charge in [-0.1, -0.05) is 36.3 Å². The topological polar surface area (TPSA) is 23.5 Å². The standard InChI is InChI=1S/C13H17BClNO/c1-3-13(14,17)16(2)10-12(15)9-11-7-5-4-6-8-11/h1,4-8,12,17H,9-10,14H2,2H3. The van der Waals surface area contributed by atoms with Crippen LogP contribution in [0, 0.1) is 12.3 Å². The van der Waals surface area contributed by atoms with Gasteiger partial charge in [0.05, 0.1) is 5.38 Å². The fourth-order valence-electron chi connectivity index (χ4n) is 1.52. The number of aliphatic hydroxyl groups is 1. The summed E-state index contributed by atoms with van der Waals surface area (Å²) in [5.41, 5.74) is -0.0645. The second-order valence-corrected chi connectivity index (χ2v) is 4.95. The Kier molecular flexibility index (Phi) is 5.08. The lowest BCUT2D eigenvalue weighted by Crippen LogP contribution is -2.48. The molecule has 2 atom stereocenters. The van der Waals surface area contributed by atoms with Gasteiger partial charge >= 0.3 is 0 Å². The molecule has 0 saturated heterocycles. The summed E-state index contributed by atoms with van der Waals surface area (Å²) in [4.78, 5) is 1.67. The van der Waals surface area contributed by atoms with E-state index in [0.29, 0.717) is 6.54 Å². The number of terminal acetylenes is 1. The van der Waals surface area contributed by atoms with E-state index in [-0.39, 0.29) is 5.38 Å². The van der Waals surface area contributed by atoms with Gasteiger partial charge in [0.1, 0.15) is 5.62 Å². The van der Waals surface area contributed by atoms with Gasteiger partial charge < -0.3 is 5.11 Å². The molecule has 0 aromatic heterocycles. The highest BCUT2D eigenvalue weighted by atomic mass is 35.5. The number of nitrogens with zero attached hydrogens (tertiary/aromatic N) is 1. The summed E-state index contributed by atoms with van der Waals surface area (Å²) in [6.07, 6.45) is 6.01. The molecular formula is C13H17BClNO. The van der Waals surface area contributed by atoms with Crippen LogP contribution in [0.1, 0.15) is 5.56 Å². The molecule has 1 aromatic rings. The van der Waals surface area contributed by atoms with Crippen LogP contribution in [0.2, 0.25) is 0 Å². The Morgan fingerprint density at radius 2 is 2.12 bits per heavy atom. The first-order chi connectivity index (χ1) is 7.95. The lowest BCUT2D eigenvalue weighted by atomic mass is 9.90. The first-order valence-corrected chi connectivity index (χ1v) is 5.98. The normalized spacial score (nSPS) is 16.2. The van der Waals surface area contributed by atoms with Gasteiger partial charge in [0, 0.05) is 6.54 Å². The molecule has 4 heteroatoms. The molecule has 0 fully saturated rings. The van der Waals surface area contributed by atoms with Crippen molar-refractivity contribution in [2.75, 3.05) is 13.6 Å². The summed E-state index contributed by atoms with van der Waals surface area (Å²) in [6.45, 7) is 0.535. The fraction of sp³-hybridized carbons (Fsp3) is 0.385. The van der Waals surface area contributed by atoms with E-state index < -0.39 is 5.62 Å². The summed E-state index contributed by atoms with van der Waals surface area (Å²) in [7, 11) is 3.35. The Bertz CT molecular complexity index is 388. The van der Waals surface area contributed by atoms with Gasteiger partial charge in [-0.25, -0.2) is 0 Å². The van der Waals surface area contributed by atoms with Gasteiger partial charge in [-0.2, -0.15) is 0 Å². The minimum atomic E-state index is -1.25. The van der Waals surface area contributed by atoms with E-state index >= 15 is 0 Å². The lowest BCUT2D eigenvalue weighted by Gasteiger charge is -2.31. The maximum Gasteiger partial charge on any atom is 0.179 e. The molecule has 0 radical (unpaired) electrons. The van der Waals surface area contributed by atoms with Crippen LogP contribution in [0.5, 0.6) is 0 Å². The lowest BCUT2D eigenvalue weighted by molar-refractivity contribution is 0.0301. The minimum Gasteiger partial charge on any atom is -0.373 e. The van der Waals surface area contributed by atoms with Gasteiger partial charge in [0.15, 0.2) is 7.85 Å². The summed E-state index contributed by atoms with van der Waals surface area (Å²) in [6, 6.07) is 10.0. The highest BCUT2D eigenvalue weighted by Crippen LogP contribution is 2.12. The third-order valence-corrected chi connectivity index (χ3v) is 3.08. The summed E-state index contributed by atoms with van der Waals surface area (Å²) >= 11 is 6.25. The largest absolute Gasteiger partial charge is 0.373 e. The molecule has 1 N–H and O–H groups in total. The highest BCUT2D eigenvalue weighted by Gasteiger charge is 2.24. The Balaban J connectivity index is 2.51. The summed E-state index contributed by atoms with van der Waals surface area (Å²) in [5, 5.41) is 9.76. The van der Waals surface area contributed by atoms with Crippen LogP contribution in [0.25, 0.3) is 0 Å². The SMILES string of the molecule is BC(O)(C#C)N(C)CC(Cl)Cc1ccccc1. The van der Waals surface area contributed by atoms with Crippen molar-refractivity contribution in [3.63, 3.8) is 0 Å². The predicted molar refractivity (Wildman–Crippen MR) is 74.7 cm³/mol. The summed E-state index contributed by atoms with van der Waals surface area (Å²) < 4.78 is 0. The van der Waals surface area contributed by atoms with Crippen LogP contribution in [0.15, 0.2) is 30.3 Å². The van der Waals surface area contributed by atoms with E-state index in [1.54, 1.807) is 19.8 Å². The smallest absolute Gasteiger partial charge is 0.179 e. The molecular weight excluding hydrogens is 232 g/mol. The third-order valence-electron chi connectivity index (χ3n) is 2.79. The van der Waals surface area contributed by atoms with E-state index in [2.05, 4.69) is 5.92 Å². The third kappa shape index (κ3) is 4.43. The molecule has 0 saturated carbocycles. The molecule has 1 rings (SSSR count). The van der Waals surface area contributed by atoms with Crippen molar-refractivity contribution >= 4 is 19.4 Å². The Hall–Kier alpha value is -0.945. The van der Waals surface area contributed by atoms with E-state index in [1.807, 2.05) is 30.3 Å². The summed E-state index contributed by atoms with van der Waals surface area (Å²) in [5.74, 6) is 2.33. The van der Waals surface area contributed by atoms with E-state index in [4.69, 9.17) is 18.0 Å². The van der Waals surface area contributed by atoms with Crippen molar-refractivity contribution in [3.05, 3.63) is 35.9 Å². The maximum atomic E-state index is 9.84. The average molecular weight is 250 g/mol. The Morgan fingerprint density at radius 1 is 1.53 bits per heavy atom. The maximum absolute atomic E-state index is 9.84. The van der Waals surface area contributed by atoms with Gasteiger partial charge in [-0.05, 0) is 19.0 Å². The number of benzene rings is 1. The van der Waals surface area contributed by atoms with E-state index in [0.717, 1.165) is 6.42 Å². The quantitative estimate of drug-likeness (QED) is 0.359. The molecule has 90 valence electrons. The van der Waals surface area contributed by atoms with E-state index in [1.165, 1.54) is 5.56 Å². The molecule has 0 heterocycles. The second kappa shape index (κ2) is 6.11. The molecule has 0 bridgehead atoms. The zero-order chi connectivity index (χ0) is 12.9. The molecule has 2 nitrogen and oxygen atoms in total. The van der Waals surface area contributed by atoms with Crippen LogP contribution >= 0.6 is 11.6 Å². The van der Waals surface area contributed by atoms with Crippen LogP contribution in [-0.2, 0) is 6.42 Å². The molecule has 0 aliphatic carbocycles. The van der Waals surface area contributed by atoms with Gasteiger partial charge in [-0.3, -0.25) is 4.90 Å². The van der Waals surface area contributed by atoms with Gasteiger partial charge in [-0.15, -0.1) is 18.0 Å². The fourth-order valence-corrected chi connectivity index (χ4v) is 1.90. The molecule has 1 aromatic carbocycles. The number of alkyl halides is 1. The van der Waals surface area contributed by atoms with Gasteiger partial charge in [0.2, 0.25) is 0 Å². The molecule has 0 spiro atoms. The zero-order valence-corrected chi connectivity index (χ0v) is 11.0. The molecule has 17 heavy (non-hydrogen) atoms. The highest BCUT2D eigenvalue weighted by molar-refractivity contribution is 6.21. The molecule has 0 amide bonds. The number of rotatable bonds is 5. The first kappa shape index (κ1) is 14.1. The number of hydrogen-bond donors (Lipinski definition) is 1. The molecule has 2 unspecified atom stereocenters. The molecule has 0 aliphatic heterocycles. The Morgan fingerprint density at radius 3 is 2.65 bits per heavy atom. The van der Waals surface area contributed by atoms with Crippen LogP contribution in [0.4, 0.5) is 0 Å². The second-order valence-electron chi connectivity index (χ2n) is 4.33. The zero-order valence-electron chi connectivity index (χ0n) is 10.2. The average Bonchev–Trinajstić information content (AvgIpc) is 2.30.